The normalized spacial score (nSPS) is 15.5. The number of carbonyl (C=O) groups is 1. The molecular weight excluding hydrogens is 545 g/mol. The molecule has 0 radical (unpaired) electrons. The van der Waals surface area contributed by atoms with Crippen molar-refractivity contribution in [1.29, 1.82) is 0 Å². The summed E-state index contributed by atoms with van der Waals surface area (Å²) in [5.74, 6) is 0.225. The van der Waals surface area contributed by atoms with Crippen LogP contribution < -0.4 is 19.6 Å². The molecule has 11 heteroatoms. The van der Waals surface area contributed by atoms with Gasteiger partial charge in [0.1, 0.15) is 23.9 Å². The minimum atomic E-state index is -4.48. The topological polar surface area (TPSA) is 83.0 Å². The number of furan rings is 1. The lowest BCUT2D eigenvalue weighted by atomic mass is 9.96. The number of fused-ring (bicyclic) bond motifs is 1. The second-order valence-corrected chi connectivity index (χ2v) is 9.84. The van der Waals surface area contributed by atoms with Crippen LogP contribution in [0.4, 0.5) is 13.2 Å². The van der Waals surface area contributed by atoms with E-state index in [0.29, 0.717) is 32.1 Å². The molecule has 7 nitrogen and oxygen atoms in total. The standard InChI is InChI=1S/C29H23F3N2O5S/c1-3-37-27(36)24-17(2)33-28-34(25(24)18-8-5-4-6-9-18)26(35)23(40-28)15-21-12-13-22(39-21)16-38-20-11-7-10-19(14-20)29(30,31)32/h4-15,25H,3,16H2,1-2H3/b23-15-/t25-/m0/s1. The maximum Gasteiger partial charge on any atom is 0.416 e. The maximum atomic E-state index is 13.6. The Morgan fingerprint density at radius 2 is 1.90 bits per heavy atom. The molecule has 0 unspecified atom stereocenters. The number of alkyl halides is 3. The first-order valence-electron chi connectivity index (χ1n) is 12.3. The molecule has 1 aliphatic heterocycles. The van der Waals surface area contributed by atoms with E-state index in [-0.39, 0.29) is 24.5 Å². The number of ether oxygens (including phenoxy) is 2. The Morgan fingerprint density at radius 1 is 1.12 bits per heavy atom. The Balaban J connectivity index is 1.46. The zero-order chi connectivity index (χ0) is 28.4. The van der Waals surface area contributed by atoms with Crippen molar-refractivity contribution in [3.8, 4) is 5.75 Å². The van der Waals surface area contributed by atoms with Crippen molar-refractivity contribution in [2.75, 3.05) is 6.61 Å². The number of aromatic nitrogens is 1. The number of carbonyl (C=O) groups excluding carboxylic acids is 1. The van der Waals surface area contributed by atoms with Crippen LogP contribution in [0, 0.1) is 0 Å². The molecule has 3 heterocycles. The molecule has 0 N–H and O–H groups in total. The van der Waals surface area contributed by atoms with Gasteiger partial charge in [0.05, 0.1) is 34.0 Å². The zero-order valence-electron chi connectivity index (χ0n) is 21.4. The summed E-state index contributed by atoms with van der Waals surface area (Å²) in [5.41, 5.74) is 0.325. The van der Waals surface area contributed by atoms with E-state index in [1.165, 1.54) is 16.7 Å². The highest BCUT2D eigenvalue weighted by atomic mass is 32.1. The minimum absolute atomic E-state index is 0.0507. The highest BCUT2D eigenvalue weighted by Crippen LogP contribution is 2.32. The Kier molecular flexibility index (Phi) is 7.49. The molecule has 2 aromatic heterocycles. The van der Waals surface area contributed by atoms with Gasteiger partial charge in [-0.2, -0.15) is 13.2 Å². The smallest absolute Gasteiger partial charge is 0.416 e. The number of hydrogen-bond donors (Lipinski definition) is 0. The molecule has 1 atom stereocenters. The fraction of sp³-hybridized carbons (Fsp3) is 0.207. The summed E-state index contributed by atoms with van der Waals surface area (Å²) in [6.45, 7) is 3.50. The van der Waals surface area contributed by atoms with Crippen LogP contribution in [0.1, 0.15) is 42.5 Å². The molecule has 206 valence electrons. The quantitative estimate of drug-likeness (QED) is 0.294. The molecule has 2 aromatic carbocycles. The van der Waals surface area contributed by atoms with Gasteiger partial charge in [0.2, 0.25) is 0 Å². The van der Waals surface area contributed by atoms with E-state index < -0.39 is 23.8 Å². The van der Waals surface area contributed by atoms with Crippen LogP contribution in [0.2, 0.25) is 0 Å². The largest absolute Gasteiger partial charge is 0.486 e. The van der Waals surface area contributed by atoms with E-state index in [1.807, 2.05) is 30.3 Å². The highest BCUT2D eigenvalue weighted by molar-refractivity contribution is 7.07. The number of hydrogen-bond acceptors (Lipinski definition) is 7. The van der Waals surface area contributed by atoms with E-state index in [9.17, 15) is 22.8 Å². The molecular formula is C29H23F3N2O5S. The van der Waals surface area contributed by atoms with Crippen molar-refractivity contribution in [3.63, 3.8) is 0 Å². The number of esters is 1. The number of nitrogens with zero attached hydrogens (tertiary/aromatic N) is 2. The lowest BCUT2D eigenvalue weighted by Crippen LogP contribution is -2.39. The van der Waals surface area contributed by atoms with Gasteiger partial charge in [-0.1, -0.05) is 47.7 Å². The van der Waals surface area contributed by atoms with Crippen LogP contribution in [-0.2, 0) is 22.3 Å². The number of allylic oxidation sites excluding steroid dienone is 1. The third-order valence-electron chi connectivity index (χ3n) is 6.13. The third-order valence-corrected chi connectivity index (χ3v) is 7.11. The summed E-state index contributed by atoms with van der Waals surface area (Å²) in [6, 6.07) is 16.3. The first-order valence-corrected chi connectivity index (χ1v) is 13.1. The van der Waals surface area contributed by atoms with Crippen molar-refractivity contribution in [2.24, 2.45) is 4.99 Å². The van der Waals surface area contributed by atoms with E-state index >= 15 is 0 Å². The van der Waals surface area contributed by atoms with Crippen molar-refractivity contribution in [2.45, 2.75) is 32.7 Å². The van der Waals surface area contributed by atoms with Gasteiger partial charge in [-0.3, -0.25) is 9.36 Å². The second kappa shape index (κ2) is 11.0. The van der Waals surface area contributed by atoms with Crippen LogP contribution in [-0.4, -0.2) is 17.1 Å². The van der Waals surface area contributed by atoms with E-state index in [2.05, 4.69) is 4.99 Å². The molecule has 0 amide bonds. The monoisotopic (exact) mass is 568 g/mol. The number of rotatable bonds is 7. The van der Waals surface area contributed by atoms with E-state index in [0.717, 1.165) is 29.0 Å². The summed E-state index contributed by atoms with van der Waals surface area (Å²) >= 11 is 1.15. The fourth-order valence-electron chi connectivity index (χ4n) is 4.34. The van der Waals surface area contributed by atoms with Gasteiger partial charge in [-0.15, -0.1) is 0 Å². The van der Waals surface area contributed by atoms with Crippen molar-refractivity contribution >= 4 is 23.4 Å². The summed E-state index contributed by atoms with van der Waals surface area (Å²) in [4.78, 5) is 31.5. The number of thiazole rings is 1. The lowest BCUT2D eigenvalue weighted by molar-refractivity contribution is -0.139. The van der Waals surface area contributed by atoms with Gasteiger partial charge in [-0.25, -0.2) is 9.79 Å². The minimum Gasteiger partial charge on any atom is -0.486 e. The molecule has 0 fully saturated rings. The average Bonchev–Trinajstić information content (AvgIpc) is 3.50. The molecule has 4 aromatic rings. The zero-order valence-corrected chi connectivity index (χ0v) is 22.2. The molecule has 5 rings (SSSR count). The summed E-state index contributed by atoms with van der Waals surface area (Å²) in [7, 11) is 0. The van der Waals surface area contributed by atoms with Crippen LogP contribution in [0.5, 0.6) is 5.75 Å². The maximum absolute atomic E-state index is 13.6. The SMILES string of the molecule is CCOC(=O)C1=C(C)N=c2s/c(=C\c3ccc(COc4cccc(C(F)(F)F)c4)o3)c(=O)n2[C@H]1c1ccccc1. The Hall–Kier alpha value is -4.38. The molecule has 0 spiro atoms. The molecule has 0 bridgehead atoms. The van der Waals surface area contributed by atoms with Crippen molar-refractivity contribution in [1.82, 2.24) is 4.57 Å². The van der Waals surface area contributed by atoms with Gasteiger partial charge in [0.15, 0.2) is 4.80 Å². The van der Waals surface area contributed by atoms with Gasteiger partial charge in [0.25, 0.3) is 5.56 Å². The molecule has 0 aliphatic carbocycles. The first kappa shape index (κ1) is 27.2. The van der Waals surface area contributed by atoms with E-state index in [4.69, 9.17) is 13.9 Å². The molecule has 0 saturated heterocycles. The van der Waals surface area contributed by atoms with Gasteiger partial charge >= 0.3 is 12.1 Å². The first-order chi connectivity index (χ1) is 19.2. The van der Waals surface area contributed by atoms with Crippen molar-refractivity contribution in [3.05, 3.63) is 120 Å². The van der Waals surface area contributed by atoms with Crippen LogP contribution in [0.25, 0.3) is 6.08 Å². The van der Waals surface area contributed by atoms with Gasteiger partial charge in [0, 0.05) is 6.08 Å². The van der Waals surface area contributed by atoms with E-state index in [1.54, 1.807) is 32.1 Å². The third kappa shape index (κ3) is 5.50. The second-order valence-electron chi connectivity index (χ2n) is 8.83. The van der Waals surface area contributed by atoms with Crippen LogP contribution in [0.3, 0.4) is 0 Å². The highest BCUT2D eigenvalue weighted by Gasteiger charge is 2.33. The van der Waals surface area contributed by atoms with Crippen LogP contribution >= 0.6 is 11.3 Å². The summed E-state index contributed by atoms with van der Waals surface area (Å²) < 4.78 is 57.2. The fourth-order valence-corrected chi connectivity index (χ4v) is 5.36. The predicted octanol–water partition coefficient (Wildman–Crippen LogP) is 4.99. The molecule has 40 heavy (non-hydrogen) atoms. The van der Waals surface area contributed by atoms with Crippen molar-refractivity contribution < 1.29 is 31.9 Å². The summed E-state index contributed by atoms with van der Waals surface area (Å²) in [5, 5.41) is 0. The Labute approximate surface area is 230 Å². The predicted molar refractivity (Wildman–Crippen MR) is 141 cm³/mol. The Morgan fingerprint density at radius 3 is 2.62 bits per heavy atom. The summed E-state index contributed by atoms with van der Waals surface area (Å²) in [6.07, 6.45) is -2.92. The Bertz CT molecular complexity index is 1770. The van der Waals surface area contributed by atoms with Crippen LogP contribution in [0.15, 0.2) is 92.2 Å². The number of benzene rings is 2. The number of halogens is 3. The lowest BCUT2D eigenvalue weighted by Gasteiger charge is -2.24. The van der Waals surface area contributed by atoms with Gasteiger partial charge in [-0.05, 0) is 49.7 Å². The van der Waals surface area contributed by atoms with Gasteiger partial charge < -0.3 is 13.9 Å². The molecule has 0 saturated carbocycles. The average molecular weight is 569 g/mol. The molecule has 1 aliphatic rings.